The van der Waals surface area contributed by atoms with E-state index in [1.165, 1.54) is 12.1 Å². The zero-order chi connectivity index (χ0) is 16.7. The van der Waals surface area contributed by atoms with E-state index in [9.17, 15) is 18.0 Å². The second-order valence-electron chi connectivity index (χ2n) is 5.11. The fourth-order valence-electron chi connectivity index (χ4n) is 2.10. The molecule has 0 aliphatic heterocycles. The first-order valence-corrected chi connectivity index (χ1v) is 9.40. The third-order valence-electron chi connectivity index (χ3n) is 3.34. The van der Waals surface area contributed by atoms with Crippen molar-refractivity contribution in [2.45, 2.75) is 17.7 Å². The highest BCUT2D eigenvalue weighted by Crippen LogP contribution is 2.36. The molecule has 1 aliphatic carbocycles. The van der Waals surface area contributed by atoms with Crippen LogP contribution in [0.4, 0.5) is 0 Å². The number of hydrogen-bond acceptors (Lipinski definition) is 5. The van der Waals surface area contributed by atoms with Crippen LogP contribution in [0.2, 0.25) is 5.02 Å². The monoisotopic (exact) mass is 403 g/mol. The van der Waals surface area contributed by atoms with Crippen molar-refractivity contribution in [3.05, 3.63) is 27.2 Å². The minimum absolute atomic E-state index is 0.135. The van der Waals surface area contributed by atoms with E-state index in [-0.39, 0.29) is 21.4 Å². The molecular weight excluding hydrogens is 394 g/mol. The summed E-state index contributed by atoms with van der Waals surface area (Å²) in [6, 6.07) is 4.37. The van der Waals surface area contributed by atoms with Crippen molar-refractivity contribution in [3.8, 4) is 6.07 Å². The van der Waals surface area contributed by atoms with Crippen LogP contribution in [0.25, 0.3) is 0 Å². The fourth-order valence-corrected chi connectivity index (χ4v) is 4.15. The first-order chi connectivity index (χ1) is 10.2. The molecule has 2 rings (SSSR count). The molecular formula is C14H11BrClNO4S. The van der Waals surface area contributed by atoms with Crippen molar-refractivity contribution in [2.75, 3.05) is 6.26 Å². The number of rotatable bonds is 5. The van der Waals surface area contributed by atoms with Crippen LogP contribution < -0.4 is 0 Å². The van der Waals surface area contributed by atoms with Crippen LogP contribution >= 0.6 is 27.5 Å². The Kier molecular flexibility index (Phi) is 4.76. The Labute approximate surface area is 141 Å². The van der Waals surface area contributed by atoms with Crippen LogP contribution in [-0.2, 0) is 14.6 Å². The lowest BCUT2D eigenvalue weighted by Crippen LogP contribution is -2.25. The summed E-state index contributed by atoms with van der Waals surface area (Å²) in [5.74, 6) is -3.05. The summed E-state index contributed by atoms with van der Waals surface area (Å²) in [5, 5.41) is 9.00. The van der Waals surface area contributed by atoms with Gasteiger partial charge in [-0.25, -0.2) is 8.42 Å². The van der Waals surface area contributed by atoms with Crippen LogP contribution in [-0.4, -0.2) is 26.2 Å². The number of hydrogen-bond donors (Lipinski definition) is 0. The van der Waals surface area contributed by atoms with Crippen molar-refractivity contribution >= 4 is 48.9 Å². The molecule has 8 heteroatoms. The summed E-state index contributed by atoms with van der Waals surface area (Å²) in [4.78, 5) is 24.2. The van der Waals surface area contributed by atoms with E-state index in [2.05, 4.69) is 15.9 Å². The van der Waals surface area contributed by atoms with Gasteiger partial charge >= 0.3 is 0 Å². The van der Waals surface area contributed by atoms with Crippen LogP contribution in [0.15, 0.2) is 21.5 Å². The largest absolute Gasteiger partial charge is 0.297 e. The highest BCUT2D eigenvalue weighted by molar-refractivity contribution is 9.10. The second-order valence-corrected chi connectivity index (χ2v) is 8.30. The number of Topliss-reactive ketones (excluding diaryl/α,β-unsaturated/α-hetero) is 2. The Balaban J connectivity index is 2.57. The van der Waals surface area contributed by atoms with Gasteiger partial charge in [-0.15, -0.1) is 0 Å². The molecule has 1 saturated carbocycles. The third kappa shape index (κ3) is 3.24. The quantitative estimate of drug-likeness (QED) is 0.556. The highest BCUT2D eigenvalue weighted by Gasteiger charge is 2.40. The maximum absolute atomic E-state index is 12.5. The summed E-state index contributed by atoms with van der Waals surface area (Å²) < 4.78 is 24.2. The average Bonchev–Trinajstić information content (AvgIpc) is 3.25. The molecule has 0 amide bonds. The molecule has 0 radical (unpaired) electrons. The van der Waals surface area contributed by atoms with E-state index in [1.807, 2.05) is 0 Å². The molecule has 1 atom stereocenters. The smallest absolute Gasteiger partial charge is 0.188 e. The minimum atomic E-state index is -3.81. The van der Waals surface area contributed by atoms with Gasteiger partial charge in [0.05, 0.1) is 16.0 Å². The third-order valence-corrected chi connectivity index (χ3v) is 5.90. The number of carbonyl (C=O) groups is 2. The van der Waals surface area contributed by atoms with Gasteiger partial charge in [-0.05, 0) is 40.9 Å². The number of benzene rings is 1. The number of sulfone groups is 1. The molecule has 1 fully saturated rings. The Hall–Kier alpha value is -1.23. The van der Waals surface area contributed by atoms with Gasteiger partial charge in [0, 0.05) is 22.2 Å². The molecule has 0 aromatic heterocycles. The van der Waals surface area contributed by atoms with E-state index >= 15 is 0 Å². The number of nitrogens with zero attached hydrogens (tertiary/aromatic N) is 1. The first kappa shape index (κ1) is 17.1. The fraction of sp³-hybridized carbons (Fsp3) is 0.357. The summed E-state index contributed by atoms with van der Waals surface area (Å²) >= 11 is 9.08. The molecule has 1 aromatic carbocycles. The summed E-state index contributed by atoms with van der Waals surface area (Å²) in [5.41, 5.74) is -0.226. The molecule has 0 N–H and O–H groups in total. The Morgan fingerprint density at radius 3 is 2.45 bits per heavy atom. The number of halogens is 2. The number of carbonyl (C=O) groups excluding carboxylic acids is 2. The van der Waals surface area contributed by atoms with Crippen molar-refractivity contribution in [1.82, 2.24) is 0 Å². The van der Waals surface area contributed by atoms with E-state index < -0.39 is 27.3 Å². The normalized spacial score (nSPS) is 15.9. The molecule has 1 unspecified atom stereocenters. The predicted octanol–water partition coefficient (Wildman–Crippen LogP) is 2.81. The van der Waals surface area contributed by atoms with Crippen LogP contribution in [0.5, 0.6) is 0 Å². The predicted molar refractivity (Wildman–Crippen MR) is 83.4 cm³/mol. The van der Waals surface area contributed by atoms with Gasteiger partial charge in [0.25, 0.3) is 0 Å². The topological polar surface area (TPSA) is 92.1 Å². The lowest BCUT2D eigenvalue weighted by Gasteiger charge is -2.12. The zero-order valence-electron chi connectivity index (χ0n) is 11.5. The molecule has 0 bridgehead atoms. The van der Waals surface area contributed by atoms with Gasteiger partial charge in [0.2, 0.25) is 0 Å². The van der Waals surface area contributed by atoms with E-state index in [0.717, 1.165) is 6.26 Å². The van der Waals surface area contributed by atoms with Gasteiger partial charge in [0.1, 0.15) is 0 Å². The molecule has 0 saturated heterocycles. The van der Waals surface area contributed by atoms with Gasteiger partial charge in [-0.2, -0.15) is 5.26 Å². The van der Waals surface area contributed by atoms with Crippen molar-refractivity contribution < 1.29 is 18.0 Å². The van der Waals surface area contributed by atoms with Crippen molar-refractivity contribution in [1.29, 1.82) is 5.26 Å². The minimum Gasteiger partial charge on any atom is -0.297 e. The number of ketones is 2. The molecule has 116 valence electrons. The lowest BCUT2D eigenvalue weighted by atomic mass is 9.92. The molecule has 22 heavy (non-hydrogen) atoms. The first-order valence-electron chi connectivity index (χ1n) is 6.34. The highest BCUT2D eigenvalue weighted by atomic mass is 79.9. The van der Waals surface area contributed by atoms with Crippen molar-refractivity contribution in [2.24, 2.45) is 11.8 Å². The lowest BCUT2D eigenvalue weighted by molar-refractivity contribution is -0.121. The maximum Gasteiger partial charge on any atom is 0.188 e. The second kappa shape index (κ2) is 6.11. The molecule has 0 spiro atoms. The van der Waals surface area contributed by atoms with Gasteiger partial charge in [-0.1, -0.05) is 11.6 Å². The Bertz CT molecular complexity index is 809. The standard InChI is InChI=1S/C14H11BrClNO4S/c1-22(20,21)14-8(4-5-10(15)11(14)16)13(19)9(6-17)12(18)7-2-3-7/h4-5,7,9H,2-3H2,1H3. The van der Waals surface area contributed by atoms with Gasteiger partial charge in [-0.3, -0.25) is 9.59 Å². The average molecular weight is 405 g/mol. The van der Waals surface area contributed by atoms with E-state index in [0.29, 0.717) is 17.3 Å². The van der Waals surface area contributed by atoms with Crippen LogP contribution in [0, 0.1) is 23.2 Å². The SMILES string of the molecule is CS(=O)(=O)c1c(C(=O)C(C#N)C(=O)C2CC2)ccc(Br)c1Cl. The van der Waals surface area contributed by atoms with E-state index in [1.54, 1.807) is 6.07 Å². The van der Waals surface area contributed by atoms with Gasteiger partial charge in [0.15, 0.2) is 27.3 Å². The summed E-state index contributed by atoms with van der Waals surface area (Å²) in [7, 11) is -3.81. The molecule has 1 aromatic rings. The van der Waals surface area contributed by atoms with Crippen LogP contribution in [0.1, 0.15) is 23.2 Å². The summed E-state index contributed by atoms with van der Waals surface area (Å²) in [6.07, 6.45) is 2.23. The maximum atomic E-state index is 12.5. The van der Waals surface area contributed by atoms with Gasteiger partial charge < -0.3 is 0 Å². The zero-order valence-corrected chi connectivity index (χ0v) is 14.6. The molecule has 0 heterocycles. The Morgan fingerprint density at radius 2 is 2.00 bits per heavy atom. The Morgan fingerprint density at radius 1 is 1.41 bits per heavy atom. The number of nitriles is 1. The van der Waals surface area contributed by atoms with Crippen molar-refractivity contribution in [3.63, 3.8) is 0 Å². The van der Waals surface area contributed by atoms with Crippen LogP contribution in [0.3, 0.4) is 0 Å². The molecule has 1 aliphatic rings. The summed E-state index contributed by atoms with van der Waals surface area (Å²) in [6.45, 7) is 0. The van der Waals surface area contributed by atoms with E-state index in [4.69, 9.17) is 16.9 Å². The molecule has 5 nitrogen and oxygen atoms in total.